The second-order valence-electron chi connectivity index (χ2n) is 13.4. The molecule has 0 aliphatic heterocycles. The Kier molecular flexibility index (Phi) is 15.0. The van der Waals surface area contributed by atoms with Crippen LogP contribution in [-0.4, -0.2) is 64.7 Å². The Labute approximate surface area is 293 Å². The van der Waals surface area contributed by atoms with Crippen LogP contribution in [0.1, 0.15) is 56.7 Å². The first-order valence-electron chi connectivity index (χ1n) is 16.7. The Morgan fingerprint density at radius 2 is 1.16 bits per heavy atom. The third-order valence-corrected chi connectivity index (χ3v) is 7.94. The van der Waals surface area contributed by atoms with Crippen LogP contribution in [0.15, 0.2) is 91.0 Å². The Bertz CT molecular complexity index is 1550. The second-order valence-corrected chi connectivity index (χ2v) is 13.4. The molecule has 12 heteroatoms. The number of carbonyl (C=O) groups excluding carboxylic acids is 5. The van der Waals surface area contributed by atoms with Crippen LogP contribution in [-0.2, 0) is 43.2 Å². The minimum atomic E-state index is -1.25. The van der Waals surface area contributed by atoms with Crippen LogP contribution in [0.3, 0.4) is 0 Å². The summed E-state index contributed by atoms with van der Waals surface area (Å²) in [5.41, 5.74) is 12.6. The normalized spacial score (nSPS) is 14.2. The molecular formula is C38H49N5O7. The summed E-state index contributed by atoms with van der Waals surface area (Å²) in [7, 11) is 0. The number of hydrogen-bond donors (Lipinski definition) is 6. The van der Waals surface area contributed by atoms with Gasteiger partial charge in [0.2, 0.25) is 23.6 Å². The van der Waals surface area contributed by atoms with Crippen molar-refractivity contribution < 1.29 is 33.8 Å². The molecule has 50 heavy (non-hydrogen) atoms. The number of primary amides is 2. The molecule has 0 aliphatic rings. The summed E-state index contributed by atoms with van der Waals surface area (Å²) in [4.78, 5) is 64.4. The molecule has 3 aromatic rings. The first-order valence-corrected chi connectivity index (χ1v) is 16.7. The lowest BCUT2D eigenvalue weighted by Gasteiger charge is -2.30. The fraction of sp³-hybridized carbons (Fsp3) is 0.395. The molecule has 0 bridgehead atoms. The number of rotatable bonds is 18. The molecule has 0 spiro atoms. The lowest BCUT2D eigenvalue weighted by Crippen LogP contribution is -2.55. The van der Waals surface area contributed by atoms with Crippen molar-refractivity contribution in [1.29, 1.82) is 0 Å². The minimum absolute atomic E-state index is 0.101. The second kappa shape index (κ2) is 19.1. The molecule has 0 heterocycles. The van der Waals surface area contributed by atoms with Crippen LogP contribution in [0.2, 0.25) is 0 Å². The highest BCUT2D eigenvalue weighted by Crippen LogP contribution is 2.20. The zero-order valence-electron chi connectivity index (χ0n) is 28.8. The van der Waals surface area contributed by atoms with Gasteiger partial charge in [-0.2, -0.15) is 0 Å². The highest BCUT2D eigenvalue weighted by molar-refractivity contribution is 5.92. The topological polar surface area (TPSA) is 203 Å². The Balaban J connectivity index is 1.86. The van der Waals surface area contributed by atoms with Crippen molar-refractivity contribution in [2.75, 3.05) is 0 Å². The molecule has 0 unspecified atom stereocenters. The number of aliphatic hydroxyl groups excluding tert-OH is 1. The number of hydrogen-bond acceptors (Lipinski definition) is 7. The molecule has 8 N–H and O–H groups in total. The van der Waals surface area contributed by atoms with E-state index in [0.29, 0.717) is 0 Å². The van der Waals surface area contributed by atoms with E-state index in [9.17, 15) is 29.1 Å². The molecule has 0 aliphatic carbocycles. The van der Waals surface area contributed by atoms with Crippen molar-refractivity contribution >= 4 is 29.7 Å². The SMILES string of the molecule is CC(C)(C)OC(=O)N[C@@H](Cc1ccccc1)[C@@H](O)C[C@@H](Cc1ccccc1)C(=O)N[C@@H](CCC(N)=O)C(=O)N[C@@H](Cc1ccccc1)C(N)=O. The molecule has 12 nitrogen and oxygen atoms in total. The Morgan fingerprint density at radius 1 is 0.680 bits per heavy atom. The van der Waals surface area contributed by atoms with Crippen LogP contribution in [0.5, 0.6) is 0 Å². The van der Waals surface area contributed by atoms with Crippen molar-refractivity contribution in [2.24, 2.45) is 17.4 Å². The van der Waals surface area contributed by atoms with E-state index in [1.807, 2.05) is 66.7 Å². The van der Waals surface area contributed by atoms with Gasteiger partial charge in [-0.05, 0) is 63.1 Å². The summed E-state index contributed by atoms with van der Waals surface area (Å²) in [6.07, 6.45) is -1.83. The van der Waals surface area contributed by atoms with Crippen LogP contribution in [0.4, 0.5) is 4.79 Å². The zero-order valence-corrected chi connectivity index (χ0v) is 28.8. The summed E-state index contributed by atoms with van der Waals surface area (Å²) in [6.45, 7) is 5.19. The fourth-order valence-electron chi connectivity index (χ4n) is 5.44. The monoisotopic (exact) mass is 687 g/mol. The van der Waals surface area contributed by atoms with Crippen molar-refractivity contribution in [1.82, 2.24) is 16.0 Å². The molecule has 0 radical (unpaired) electrons. The van der Waals surface area contributed by atoms with E-state index in [1.54, 1.807) is 45.0 Å². The highest BCUT2D eigenvalue weighted by Gasteiger charge is 2.33. The van der Waals surface area contributed by atoms with E-state index in [4.69, 9.17) is 16.2 Å². The smallest absolute Gasteiger partial charge is 0.407 e. The number of nitrogens with one attached hydrogen (secondary N) is 3. The largest absolute Gasteiger partial charge is 0.444 e. The van der Waals surface area contributed by atoms with Crippen molar-refractivity contribution in [3.8, 4) is 0 Å². The van der Waals surface area contributed by atoms with Gasteiger partial charge in [-0.15, -0.1) is 0 Å². The molecule has 5 amide bonds. The Hall–Kier alpha value is -5.23. The van der Waals surface area contributed by atoms with Crippen LogP contribution < -0.4 is 27.4 Å². The maximum atomic E-state index is 14.0. The molecular weight excluding hydrogens is 638 g/mol. The lowest BCUT2D eigenvalue weighted by atomic mass is 9.88. The quantitative estimate of drug-likeness (QED) is 0.118. The maximum absolute atomic E-state index is 14.0. The van der Waals surface area contributed by atoms with Crippen LogP contribution >= 0.6 is 0 Å². The number of amides is 5. The van der Waals surface area contributed by atoms with Gasteiger partial charge in [0.25, 0.3) is 0 Å². The first-order chi connectivity index (χ1) is 23.7. The summed E-state index contributed by atoms with van der Waals surface area (Å²) < 4.78 is 5.46. The minimum Gasteiger partial charge on any atom is -0.444 e. The van der Waals surface area contributed by atoms with Crippen LogP contribution in [0, 0.1) is 5.92 Å². The molecule has 0 fully saturated rings. The van der Waals surface area contributed by atoms with Gasteiger partial charge in [-0.25, -0.2) is 4.79 Å². The lowest BCUT2D eigenvalue weighted by molar-refractivity contribution is -0.133. The van der Waals surface area contributed by atoms with E-state index in [2.05, 4.69) is 16.0 Å². The predicted octanol–water partition coefficient (Wildman–Crippen LogP) is 2.70. The Morgan fingerprint density at radius 3 is 1.64 bits per heavy atom. The summed E-state index contributed by atoms with van der Waals surface area (Å²) in [5, 5.41) is 19.7. The van der Waals surface area contributed by atoms with E-state index in [0.717, 1.165) is 16.7 Å². The van der Waals surface area contributed by atoms with Gasteiger partial charge in [0, 0.05) is 18.8 Å². The average Bonchev–Trinajstić information content (AvgIpc) is 3.06. The van der Waals surface area contributed by atoms with Crippen molar-refractivity contribution in [2.45, 2.75) is 89.1 Å². The number of nitrogens with two attached hydrogens (primary N) is 2. The fourth-order valence-corrected chi connectivity index (χ4v) is 5.44. The summed E-state index contributed by atoms with van der Waals surface area (Å²) in [6, 6.07) is 24.2. The molecule has 5 atom stereocenters. The van der Waals surface area contributed by atoms with Gasteiger partial charge in [0.15, 0.2) is 0 Å². The van der Waals surface area contributed by atoms with Gasteiger partial charge in [-0.3, -0.25) is 19.2 Å². The molecule has 3 rings (SSSR count). The molecule has 0 aromatic heterocycles. The van der Waals surface area contributed by atoms with Crippen molar-refractivity contribution in [3.63, 3.8) is 0 Å². The maximum Gasteiger partial charge on any atom is 0.407 e. The predicted molar refractivity (Wildman–Crippen MR) is 189 cm³/mol. The van der Waals surface area contributed by atoms with E-state index >= 15 is 0 Å². The van der Waals surface area contributed by atoms with E-state index < -0.39 is 65.5 Å². The number of alkyl carbamates (subject to hydrolysis) is 1. The van der Waals surface area contributed by atoms with Crippen LogP contribution in [0.25, 0.3) is 0 Å². The van der Waals surface area contributed by atoms with Gasteiger partial charge < -0.3 is 37.3 Å². The van der Waals surface area contributed by atoms with Gasteiger partial charge in [-0.1, -0.05) is 91.0 Å². The number of aliphatic hydroxyl groups is 1. The standard InChI is InChI=1S/C38H49N5O7/c1-38(2,3)50-37(49)43-30(22-26-15-9-5-10-16-26)32(44)24-28(21-25-13-7-4-8-14-25)35(47)41-29(19-20-33(39)45)36(48)42-31(34(40)46)23-27-17-11-6-12-18-27/h4-18,28-32,44H,19-24H2,1-3H3,(H2,39,45)(H2,40,46)(H,41,47)(H,42,48)(H,43,49)/t28-,29+,30+,31+,32+/m1/s1. The average molecular weight is 688 g/mol. The first kappa shape index (κ1) is 39.2. The number of carbonyl (C=O) groups is 5. The van der Waals surface area contributed by atoms with Gasteiger partial charge in [0.05, 0.1) is 12.1 Å². The van der Waals surface area contributed by atoms with E-state index in [1.165, 1.54) is 0 Å². The number of ether oxygens (including phenoxy) is 1. The molecule has 3 aromatic carbocycles. The van der Waals surface area contributed by atoms with Gasteiger partial charge in [0.1, 0.15) is 17.7 Å². The molecule has 0 saturated carbocycles. The number of benzene rings is 3. The zero-order chi connectivity index (χ0) is 36.7. The van der Waals surface area contributed by atoms with Crippen molar-refractivity contribution in [3.05, 3.63) is 108 Å². The van der Waals surface area contributed by atoms with E-state index in [-0.39, 0.29) is 38.5 Å². The third-order valence-electron chi connectivity index (χ3n) is 7.94. The molecule has 0 saturated heterocycles. The summed E-state index contributed by atoms with van der Waals surface area (Å²) in [5.74, 6) is -3.62. The van der Waals surface area contributed by atoms with Gasteiger partial charge >= 0.3 is 6.09 Å². The third kappa shape index (κ3) is 14.1. The summed E-state index contributed by atoms with van der Waals surface area (Å²) >= 11 is 0. The molecule has 268 valence electrons. The highest BCUT2D eigenvalue weighted by atomic mass is 16.6.